The summed E-state index contributed by atoms with van der Waals surface area (Å²) in [6.45, 7) is 2.14. The van der Waals surface area contributed by atoms with E-state index in [1.807, 2.05) is 24.3 Å². The van der Waals surface area contributed by atoms with Crippen molar-refractivity contribution in [2.45, 2.75) is 37.0 Å². The molecule has 1 aromatic heterocycles. The van der Waals surface area contributed by atoms with Gasteiger partial charge in [0.1, 0.15) is 12.1 Å². The van der Waals surface area contributed by atoms with Gasteiger partial charge in [0.25, 0.3) is 0 Å². The number of pyridine rings is 1. The Hall–Kier alpha value is -2.29. The summed E-state index contributed by atoms with van der Waals surface area (Å²) < 4.78 is 0. The molecule has 22 heavy (non-hydrogen) atoms. The van der Waals surface area contributed by atoms with Gasteiger partial charge in [-0.1, -0.05) is 37.3 Å². The van der Waals surface area contributed by atoms with Crippen LogP contribution in [0.15, 0.2) is 42.6 Å². The molecular weight excluding hydrogens is 274 g/mol. The third kappa shape index (κ3) is 1.43. The molecule has 0 saturated heterocycles. The molecular formula is C19H17NO2. The number of Topliss-reactive ketones (excluding diaryl/α,β-unsaturated/α-hetero) is 1. The molecule has 0 N–H and O–H groups in total. The third-order valence-electron chi connectivity index (χ3n) is 5.64. The maximum Gasteiger partial charge on any atom is 0.134 e. The maximum atomic E-state index is 12.4. The van der Waals surface area contributed by atoms with E-state index in [-0.39, 0.29) is 11.2 Å². The Morgan fingerprint density at radius 1 is 1.14 bits per heavy atom. The molecule has 2 unspecified atom stereocenters. The van der Waals surface area contributed by atoms with Gasteiger partial charge >= 0.3 is 0 Å². The fourth-order valence-corrected chi connectivity index (χ4v) is 4.63. The standard InChI is InChI=1S/C19H17NO2/c1-18-11-13(22)12-19(18,8-10-21)16-7-4-9-20-17(16)14-5-2-3-6-15(14)18/h2-7,9-10H,8,11-12H2,1H3. The van der Waals surface area contributed by atoms with Crippen LogP contribution < -0.4 is 0 Å². The van der Waals surface area contributed by atoms with Gasteiger partial charge in [-0.2, -0.15) is 0 Å². The van der Waals surface area contributed by atoms with Gasteiger partial charge in [0.2, 0.25) is 0 Å². The van der Waals surface area contributed by atoms with Crippen LogP contribution in [0.3, 0.4) is 0 Å². The molecule has 2 aromatic rings. The van der Waals surface area contributed by atoms with Crippen LogP contribution in [0, 0.1) is 0 Å². The summed E-state index contributed by atoms with van der Waals surface area (Å²) in [5.41, 5.74) is 3.42. The van der Waals surface area contributed by atoms with E-state index in [9.17, 15) is 9.59 Å². The average Bonchev–Trinajstić information content (AvgIpc) is 2.80. The zero-order chi connectivity index (χ0) is 15.4. The number of aldehydes is 1. The lowest BCUT2D eigenvalue weighted by molar-refractivity contribution is -0.117. The van der Waals surface area contributed by atoms with Crippen molar-refractivity contribution in [2.24, 2.45) is 0 Å². The number of ketones is 1. The molecule has 0 bridgehead atoms. The second-order valence-corrected chi connectivity index (χ2v) is 6.62. The molecule has 1 aromatic carbocycles. The molecule has 0 aliphatic heterocycles. The van der Waals surface area contributed by atoms with Gasteiger partial charge in [-0.15, -0.1) is 0 Å². The van der Waals surface area contributed by atoms with Crippen LogP contribution in [0.4, 0.5) is 0 Å². The first-order chi connectivity index (χ1) is 10.6. The van der Waals surface area contributed by atoms with Gasteiger partial charge in [-0.05, 0) is 17.2 Å². The Labute approximate surface area is 129 Å². The largest absolute Gasteiger partial charge is 0.303 e. The minimum absolute atomic E-state index is 0.232. The van der Waals surface area contributed by atoms with Gasteiger partial charge in [-0.25, -0.2) is 0 Å². The second kappa shape index (κ2) is 4.35. The van der Waals surface area contributed by atoms with E-state index in [1.54, 1.807) is 6.20 Å². The number of carbonyl (C=O) groups excluding carboxylic acids is 2. The van der Waals surface area contributed by atoms with E-state index in [2.05, 4.69) is 24.0 Å². The molecule has 3 nitrogen and oxygen atoms in total. The van der Waals surface area contributed by atoms with E-state index < -0.39 is 5.41 Å². The zero-order valence-corrected chi connectivity index (χ0v) is 12.5. The molecule has 2 aliphatic rings. The number of aromatic nitrogens is 1. The number of hydrogen-bond acceptors (Lipinski definition) is 3. The predicted octanol–water partition coefficient (Wildman–Crippen LogP) is 3.21. The first-order valence-electron chi connectivity index (χ1n) is 7.63. The maximum absolute atomic E-state index is 12.4. The quantitative estimate of drug-likeness (QED) is 0.798. The molecule has 4 rings (SSSR count). The van der Waals surface area contributed by atoms with Crippen molar-refractivity contribution in [3.05, 3.63) is 53.7 Å². The number of rotatable bonds is 2. The van der Waals surface area contributed by atoms with E-state index in [0.29, 0.717) is 19.3 Å². The smallest absolute Gasteiger partial charge is 0.134 e. The topological polar surface area (TPSA) is 47.0 Å². The first-order valence-corrected chi connectivity index (χ1v) is 7.63. The Kier molecular flexibility index (Phi) is 2.65. The van der Waals surface area contributed by atoms with E-state index in [0.717, 1.165) is 28.7 Å². The van der Waals surface area contributed by atoms with E-state index >= 15 is 0 Å². The van der Waals surface area contributed by atoms with Crippen LogP contribution in [0.5, 0.6) is 0 Å². The van der Waals surface area contributed by atoms with E-state index in [4.69, 9.17) is 0 Å². The van der Waals surface area contributed by atoms with Crippen molar-refractivity contribution in [2.75, 3.05) is 0 Å². The molecule has 2 aliphatic carbocycles. The summed E-state index contributed by atoms with van der Waals surface area (Å²) >= 11 is 0. The fraction of sp³-hybridized carbons (Fsp3) is 0.316. The van der Waals surface area contributed by atoms with Gasteiger partial charge in [0.15, 0.2) is 0 Å². The van der Waals surface area contributed by atoms with Crippen molar-refractivity contribution in [3.63, 3.8) is 0 Å². The molecule has 0 radical (unpaired) electrons. The summed E-state index contributed by atoms with van der Waals surface area (Å²) in [7, 11) is 0. The highest BCUT2D eigenvalue weighted by molar-refractivity contribution is 5.91. The van der Waals surface area contributed by atoms with Crippen LogP contribution in [0.25, 0.3) is 11.3 Å². The average molecular weight is 291 g/mol. The molecule has 3 heteroatoms. The monoisotopic (exact) mass is 291 g/mol. The Morgan fingerprint density at radius 2 is 1.91 bits per heavy atom. The highest BCUT2D eigenvalue weighted by Crippen LogP contribution is 2.61. The van der Waals surface area contributed by atoms with Gasteiger partial charge in [0.05, 0.1) is 5.69 Å². The van der Waals surface area contributed by atoms with Crippen molar-refractivity contribution in [3.8, 4) is 11.3 Å². The number of hydrogen-bond donors (Lipinski definition) is 0. The second-order valence-electron chi connectivity index (χ2n) is 6.62. The summed E-state index contributed by atoms with van der Waals surface area (Å²) in [5, 5.41) is 0. The van der Waals surface area contributed by atoms with Crippen molar-refractivity contribution < 1.29 is 9.59 Å². The number of benzene rings is 1. The number of carbonyl (C=O) groups is 2. The predicted molar refractivity (Wildman–Crippen MR) is 83.6 cm³/mol. The lowest BCUT2D eigenvalue weighted by atomic mass is 9.54. The van der Waals surface area contributed by atoms with Gasteiger partial charge in [0, 0.05) is 41.9 Å². The molecule has 1 fully saturated rings. The van der Waals surface area contributed by atoms with Crippen molar-refractivity contribution >= 4 is 12.1 Å². The normalized spacial score (nSPS) is 28.7. The Bertz CT molecular complexity index is 798. The third-order valence-corrected chi connectivity index (χ3v) is 5.64. The highest BCUT2D eigenvalue weighted by atomic mass is 16.1. The van der Waals surface area contributed by atoms with Crippen LogP contribution in [-0.4, -0.2) is 17.1 Å². The minimum atomic E-state index is -0.455. The SMILES string of the molecule is CC12CC(=O)CC1(CC=O)c1cccnc1-c1ccccc12. The summed E-state index contributed by atoms with van der Waals surface area (Å²) in [6.07, 6.45) is 4.02. The van der Waals surface area contributed by atoms with Crippen LogP contribution in [-0.2, 0) is 20.4 Å². The zero-order valence-electron chi connectivity index (χ0n) is 12.5. The Morgan fingerprint density at radius 3 is 2.73 bits per heavy atom. The molecule has 110 valence electrons. The fourth-order valence-electron chi connectivity index (χ4n) is 4.63. The van der Waals surface area contributed by atoms with Crippen LogP contribution in [0.1, 0.15) is 37.3 Å². The molecule has 0 amide bonds. The number of fused-ring (bicyclic) bond motifs is 6. The van der Waals surface area contributed by atoms with E-state index in [1.165, 1.54) is 0 Å². The van der Waals surface area contributed by atoms with Gasteiger partial charge < -0.3 is 4.79 Å². The summed E-state index contributed by atoms with van der Waals surface area (Å²) in [6, 6.07) is 12.1. The lowest BCUT2D eigenvalue weighted by Gasteiger charge is -2.48. The molecule has 1 heterocycles. The lowest BCUT2D eigenvalue weighted by Crippen LogP contribution is -2.46. The van der Waals surface area contributed by atoms with Gasteiger partial charge in [-0.3, -0.25) is 9.78 Å². The molecule has 1 saturated carbocycles. The Balaban J connectivity index is 2.13. The highest BCUT2D eigenvalue weighted by Gasteiger charge is 2.60. The summed E-state index contributed by atoms with van der Waals surface area (Å²) in [5.74, 6) is 0.232. The summed E-state index contributed by atoms with van der Waals surface area (Å²) in [4.78, 5) is 28.4. The molecule has 2 atom stereocenters. The first kappa shape index (κ1) is 13.4. The van der Waals surface area contributed by atoms with Crippen molar-refractivity contribution in [1.82, 2.24) is 4.98 Å². The molecule has 0 spiro atoms. The van der Waals surface area contributed by atoms with Crippen LogP contribution in [0.2, 0.25) is 0 Å². The number of nitrogens with zero attached hydrogens (tertiary/aromatic N) is 1. The van der Waals surface area contributed by atoms with Crippen LogP contribution >= 0.6 is 0 Å². The van der Waals surface area contributed by atoms with Crippen molar-refractivity contribution in [1.29, 1.82) is 0 Å². The minimum Gasteiger partial charge on any atom is -0.303 e.